The van der Waals surface area contributed by atoms with E-state index in [0.29, 0.717) is 18.8 Å². The lowest BCUT2D eigenvalue weighted by atomic mass is 10.0. The molecule has 2 heterocycles. The summed E-state index contributed by atoms with van der Waals surface area (Å²) in [5, 5.41) is 21.9. The lowest BCUT2D eigenvalue weighted by Crippen LogP contribution is -2.34. The molecule has 0 spiro atoms. The summed E-state index contributed by atoms with van der Waals surface area (Å²) in [6.07, 6.45) is 1.25. The average Bonchev–Trinajstić information content (AvgIpc) is 3.02. The quantitative estimate of drug-likeness (QED) is 0.689. The van der Waals surface area contributed by atoms with Gasteiger partial charge in [0, 0.05) is 39.0 Å². The van der Waals surface area contributed by atoms with Crippen molar-refractivity contribution in [3.63, 3.8) is 0 Å². The molecule has 0 saturated carbocycles. The zero-order valence-corrected chi connectivity index (χ0v) is 18.4. The number of hydrogen-bond donors (Lipinski definition) is 2. The molecule has 0 radical (unpaired) electrons. The standard InChI is InChI=1S/C22H33N5O3/c1-5-20(29)23-21(15(3)4)22-25-24-19-9-10-26(11-12-27(19)22)14-16-7-8-17(28)18(13-16)30-6-2/h7-8,13,15,21,28H,5-6,9-12,14H2,1-4H3,(H,23,29)/t21-/m1/s1. The highest BCUT2D eigenvalue weighted by atomic mass is 16.5. The Morgan fingerprint density at radius 2 is 2.03 bits per heavy atom. The molecule has 0 bridgehead atoms. The summed E-state index contributed by atoms with van der Waals surface area (Å²) in [6.45, 7) is 11.7. The van der Waals surface area contributed by atoms with Crippen LogP contribution in [0.25, 0.3) is 0 Å². The van der Waals surface area contributed by atoms with E-state index in [1.54, 1.807) is 6.07 Å². The Hall–Kier alpha value is -2.61. The van der Waals surface area contributed by atoms with E-state index in [1.165, 1.54) is 0 Å². The Morgan fingerprint density at radius 3 is 2.73 bits per heavy atom. The number of phenols is 1. The molecule has 1 aromatic carbocycles. The third-order valence-corrected chi connectivity index (χ3v) is 5.46. The molecule has 3 rings (SSSR count). The van der Waals surface area contributed by atoms with Crippen LogP contribution in [0.1, 0.15) is 57.4 Å². The maximum Gasteiger partial charge on any atom is 0.220 e. The summed E-state index contributed by atoms with van der Waals surface area (Å²) in [4.78, 5) is 14.4. The van der Waals surface area contributed by atoms with Crippen LogP contribution in [0, 0.1) is 5.92 Å². The molecule has 1 amide bonds. The van der Waals surface area contributed by atoms with Gasteiger partial charge in [-0.15, -0.1) is 10.2 Å². The molecule has 8 heteroatoms. The number of fused-ring (bicyclic) bond motifs is 1. The van der Waals surface area contributed by atoms with Gasteiger partial charge in [0.2, 0.25) is 5.91 Å². The number of hydrogen-bond acceptors (Lipinski definition) is 6. The van der Waals surface area contributed by atoms with Crippen molar-refractivity contribution >= 4 is 5.91 Å². The van der Waals surface area contributed by atoms with Gasteiger partial charge < -0.3 is 19.7 Å². The monoisotopic (exact) mass is 415 g/mol. The minimum Gasteiger partial charge on any atom is -0.504 e. The van der Waals surface area contributed by atoms with E-state index in [-0.39, 0.29) is 23.6 Å². The van der Waals surface area contributed by atoms with Crippen LogP contribution in [0.2, 0.25) is 0 Å². The predicted octanol–water partition coefficient (Wildman–Crippen LogP) is 2.66. The number of nitrogens with one attached hydrogen (secondary N) is 1. The van der Waals surface area contributed by atoms with Gasteiger partial charge in [-0.25, -0.2) is 0 Å². The number of benzene rings is 1. The van der Waals surface area contributed by atoms with Crippen LogP contribution in [0.5, 0.6) is 11.5 Å². The number of aromatic hydroxyl groups is 1. The fourth-order valence-electron chi connectivity index (χ4n) is 3.77. The molecular weight excluding hydrogens is 382 g/mol. The Labute approximate surface area is 178 Å². The highest BCUT2D eigenvalue weighted by Gasteiger charge is 2.27. The van der Waals surface area contributed by atoms with Gasteiger partial charge in [0.15, 0.2) is 17.3 Å². The Bertz CT molecular complexity index is 864. The van der Waals surface area contributed by atoms with Crippen molar-refractivity contribution in [1.29, 1.82) is 0 Å². The molecule has 8 nitrogen and oxygen atoms in total. The van der Waals surface area contributed by atoms with Gasteiger partial charge in [0.25, 0.3) is 0 Å². The summed E-state index contributed by atoms with van der Waals surface area (Å²) in [5.74, 6) is 2.74. The molecule has 1 atom stereocenters. The fourth-order valence-corrected chi connectivity index (χ4v) is 3.77. The second-order valence-corrected chi connectivity index (χ2v) is 8.03. The van der Waals surface area contributed by atoms with Crippen molar-refractivity contribution in [3.8, 4) is 11.5 Å². The topological polar surface area (TPSA) is 92.5 Å². The second-order valence-electron chi connectivity index (χ2n) is 8.03. The van der Waals surface area contributed by atoms with Gasteiger partial charge >= 0.3 is 0 Å². The van der Waals surface area contributed by atoms with Crippen molar-refractivity contribution in [2.75, 3.05) is 19.7 Å². The fraction of sp³-hybridized carbons (Fsp3) is 0.591. The minimum atomic E-state index is -0.143. The first-order chi connectivity index (χ1) is 14.4. The third-order valence-electron chi connectivity index (χ3n) is 5.46. The Morgan fingerprint density at radius 1 is 1.23 bits per heavy atom. The Balaban J connectivity index is 1.72. The summed E-state index contributed by atoms with van der Waals surface area (Å²) in [7, 11) is 0. The van der Waals surface area contributed by atoms with E-state index in [1.807, 2.05) is 26.0 Å². The van der Waals surface area contributed by atoms with Crippen molar-refractivity contribution in [3.05, 3.63) is 35.4 Å². The molecule has 2 aromatic rings. The third kappa shape index (κ3) is 5.11. The highest BCUT2D eigenvalue weighted by Crippen LogP contribution is 2.28. The van der Waals surface area contributed by atoms with Gasteiger partial charge in [0.05, 0.1) is 12.6 Å². The SMILES string of the molecule is CCOc1cc(CN2CCc3nnc([C@H](NC(=O)CC)C(C)C)n3CC2)ccc1O. The molecular formula is C22H33N5O3. The number of amides is 1. The van der Waals surface area contributed by atoms with Gasteiger partial charge in [-0.05, 0) is 30.5 Å². The smallest absolute Gasteiger partial charge is 0.220 e. The number of carbonyl (C=O) groups is 1. The zero-order valence-electron chi connectivity index (χ0n) is 18.4. The largest absolute Gasteiger partial charge is 0.504 e. The van der Waals surface area contributed by atoms with E-state index < -0.39 is 0 Å². The van der Waals surface area contributed by atoms with Crippen LogP contribution in [0.3, 0.4) is 0 Å². The predicted molar refractivity (Wildman–Crippen MR) is 114 cm³/mol. The van der Waals surface area contributed by atoms with Crippen LogP contribution < -0.4 is 10.1 Å². The Kier molecular flexibility index (Phi) is 7.31. The highest BCUT2D eigenvalue weighted by molar-refractivity contribution is 5.75. The first-order valence-electron chi connectivity index (χ1n) is 10.8. The van der Waals surface area contributed by atoms with E-state index in [9.17, 15) is 9.90 Å². The maximum atomic E-state index is 12.0. The van der Waals surface area contributed by atoms with E-state index in [4.69, 9.17) is 4.74 Å². The summed E-state index contributed by atoms with van der Waals surface area (Å²) in [5.41, 5.74) is 1.10. The van der Waals surface area contributed by atoms with E-state index in [0.717, 1.165) is 49.8 Å². The molecule has 0 aliphatic carbocycles. The number of rotatable bonds is 8. The first-order valence-corrected chi connectivity index (χ1v) is 10.8. The summed E-state index contributed by atoms with van der Waals surface area (Å²) in [6, 6.07) is 5.39. The van der Waals surface area contributed by atoms with Crippen molar-refractivity contribution in [1.82, 2.24) is 25.0 Å². The molecule has 30 heavy (non-hydrogen) atoms. The molecule has 1 aliphatic rings. The average molecular weight is 416 g/mol. The van der Waals surface area contributed by atoms with Crippen LogP contribution in [0.4, 0.5) is 0 Å². The molecule has 1 aliphatic heterocycles. The number of phenolic OH excluding ortho intramolecular Hbond substituents is 1. The van der Waals surface area contributed by atoms with Gasteiger partial charge in [-0.3, -0.25) is 9.69 Å². The van der Waals surface area contributed by atoms with Crippen LogP contribution in [-0.4, -0.2) is 50.4 Å². The molecule has 0 fully saturated rings. The normalized spacial score (nSPS) is 15.5. The van der Waals surface area contributed by atoms with Crippen molar-refractivity contribution < 1.29 is 14.6 Å². The molecule has 0 unspecified atom stereocenters. The number of ether oxygens (including phenoxy) is 1. The molecule has 2 N–H and O–H groups in total. The number of aromatic nitrogens is 3. The lowest BCUT2D eigenvalue weighted by molar-refractivity contribution is -0.121. The van der Waals surface area contributed by atoms with E-state index >= 15 is 0 Å². The van der Waals surface area contributed by atoms with Gasteiger partial charge in [0.1, 0.15) is 5.82 Å². The number of carbonyl (C=O) groups excluding carboxylic acids is 1. The van der Waals surface area contributed by atoms with Gasteiger partial charge in [-0.2, -0.15) is 0 Å². The van der Waals surface area contributed by atoms with Crippen LogP contribution >= 0.6 is 0 Å². The van der Waals surface area contributed by atoms with Crippen LogP contribution in [-0.2, 0) is 24.3 Å². The minimum absolute atomic E-state index is 0.0266. The summed E-state index contributed by atoms with van der Waals surface area (Å²) >= 11 is 0. The maximum absolute atomic E-state index is 12.0. The first kappa shape index (κ1) is 22.1. The van der Waals surface area contributed by atoms with Crippen LogP contribution in [0.15, 0.2) is 18.2 Å². The van der Waals surface area contributed by atoms with E-state index in [2.05, 4.69) is 38.8 Å². The summed E-state index contributed by atoms with van der Waals surface area (Å²) < 4.78 is 7.68. The van der Waals surface area contributed by atoms with Crippen molar-refractivity contribution in [2.24, 2.45) is 5.92 Å². The molecule has 0 saturated heterocycles. The van der Waals surface area contributed by atoms with Crippen molar-refractivity contribution in [2.45, 2.75) is 59.7 Å². The second kappa shape index (κ2) is 9.93. The van der Waals surface area contributed by atoms with Gasteiger partial charge in [-0.1, -0.05) is 26.8 Å². The lowest BCUT2D eigenvalue weighted by Gasteiger charge is -2.23. The molecule has 1 aromatic heterocycles. The number of nitrogens with zero attached hydrogens (tertiary/aromatic N) is 4. The molecule has 164 valence electrons. The zero-order chi connectivity index (χ0) is 21.7.